The van der Waals surface area contributed by atoms with E-state index in [2.05, 4.69) is 15.5 Å². The molecular formula is C14H21N3O2. The van der Waals surface area contributed by atoms with Crippen LogP contribution in [-0.4, -0.2) is 21.8 Å². The summed E-state index contributed by atoms with van der Waals surface area (Å²) in [7, 11) is 0. The van der Waals surface area contributed by atoms with Crippen LogP contribution in [0.3, 0.4) is 0 Å². The molecule has 2 aromatic heterocycles. The molecule has 0 bridgehead atoms. The summed E-state index contributed by atoms with van der Waals surface area (Å²) in [4.78, 5) is 0. The second kappa shape index (κ2) is 5.19. The van der Waals surface area contributed by atoms with E-state index in [1.807, 2.05) is 32.9 Å². The molecule has 0 fully saturated rings. The summed E-state index contributed by atoms with van der Waals surface area (Å²) in [6, 6.07) is 3.78. The van der Waals surface area contributed by atoms with Gasteiger partial charge in [0.15, 0.2) is 0 Å². The molecule has 0 radical (unpaired) electrons. The molecule has 3 N–H and O–H groups in total. The van der Waals surface area contributed by atoms with E-state index in [4.69, 9.17) is 4.42 Å². The zero-order valence-corrected chi connectivity index (χ0v) is 11.8. The lowest BCUT2D eigenvalue weighted by molar-refractivity contribution is 0.0312. The van der Waals surface area contributed by atoms with E-state index < -0.39 is 5.60 Å². The first-order valence-electron chi connectivity index (χ1n) is 6.42. The van der Waals surface area contributed by atoms with Crippen molar-refractivity contribution in [1.29, 1.82) is 0 Å². The first kappa shape index (κ1) is 13.8. The van der Waals surface area contributed by atoms with Gasteiger partial charge in [-0.2, -0.15) is 5.10 Å². The second-order valence-electron chi connectivity index (χ2n) is 5.24. The number of aryl methyl sites for hydroxylation is 2. The predicted molar refractivity (Wildman–Crippen MR) is 72.8 cm³/mol. The van der Waals surface area contributed by atoms with Crippen LogP contribution in [0.1, 0.15) is 42.7 Å². The van der Waals surface area contributed by atoms with Gasteiger partial charge in [-0.3, -0.25) is 5.10 Å². The van der Waals surface area contributed by atoms with E-state index in [1.54, 1.807) is 13.1 Å². The Bertz CT molecular complexity index is 542. The molecule has 0 aliphatic carbocycles. The van der Waals surface area contributed by atoms with E-state index in [-0.39, 0.29) is 6.04 Å². The van der Waals surface area contributed by atoms with Gasteiger partial charge in [-0.25, -0.2) is 0 Å². The molecule has 2 rings (SSSR count). The number of furan rings is 1. The summed E-state index contributed by atoms with van der Waals surface area (Å²) in [6.07, 6.45) is 1.80. The van der Waals surface area contributed by atoms with Crippen LogP contribution in [0, 0.1) is 13.8 Å². The molecule has 0 aromatic carbocycles. The molecule has 0 saturated heterocycles. The highest BCUT2D eigenvalue weighted by Crippen LogP contribution is 2.23. The zero-order valence-electron chi connectivity index (χ0n) is 11.8. The van der Waals surface area contributed by atoms with Crippen LogP contribution in [0.25, 0.3) is 0 Å². The van der Waals surface area contributed by atoms with Crippen molar-refractivity contribution in [2.75, 3.05) is 6.54 Å². The van der Waals surface area contributed by atoms with Gasteiger partial charge >= 0.3 is 0 Å². The Hall–Kier alpha value is -1.59. The third kappa shape index (κ3) is 3.05. The third-order valence-corrected chi connectivity index (χ3v) is 3.36. The molecule has 5 nitrogen and oxygen atoms in total. The molecule has 104 valence electrons. The van der Waals surface area contributed by atoms with Gasteiger partial charge in [0.1, 0.15) is 17.1 Å². The van der Waals surface area contributed by atoms with E-state index in [1.165, 1.54) is 0 Å². The smallest absolute Gasteiger partial charge is 0.136 e. The first-order chi connectivity index (χ1) is 8.90. The van der Waals surface area contributed by atoms with Crippen molar-refractivity contribution in [3.05, 3.63) is 41.1 Å². The third-order valence-electron chi connectivity index (χ3n) is 3.36. The van der Waals surface area contributed by atoms with Gasteiger partial charge in [-0.1, -0.05) is 0 Å². The average molecular weight is 263 g/mol. The van der Waals surface area contributed by atoms with E-state index in [0.717, 1.165) is 17.0 Å². The minimum absolute atomic E-state index is 0.112. The normalized spacial score (nSPS) is 16.3. The number of hydrogen-bond acceptors (Lipinski definition) is 4. The standard InChI is InChI=1S/C14H21N3O2/c1-9-5-6-13(19-9)14(4,18)8-15-10(2)12-7-16-17-11(12)3/h5-7,10,15,18H,8H2,1-4H3,(H,16,17). The number of H-pyrrole nitrogens is 1. The van der Waals surface area contributed by atoms with Crippen molar-refractivity contribution in [1.82, 2.24) is 15.5 Å². The molecule has 0 saturated carbocycles. The lowest BCUT2D eigenvalue weighted by atomic mass is 10.0. The highest BCUT2D eigenvalue weighted by Gasteiger charge is 2.27. The summed E-state index contributed by atoms with van der Waals surface area (Å²) in [5, 5.41) is 20.7. The fourth-order valence-corrected chi connectivity index (χ4v) is 2.07. The van der Waals surface area contributed by atoms with Crippen LogP contribution >= 0.6 is 0 Å². The van der Waals surface area contributed by atoms with Crippen molar-refractivity contribution < 1.29 is 9.52 Å². The van der Waals surface area contributed by atoms with Gasteiger partial charge in [-0.15, -0.1) is 0 Å². The Morgan fingerprint density at radius 2 is 2.21 bits per heavy atom. The number of aliphatic hydroxyl groups is 1. The minimum atomic E-state index is -1.03. The number of aromatic nitrogens is 2. The maximum atomic E-state index is 10.4. The topological polar surface area (TPSA) is 74.1 Å². The van der Waals surface area contributed by atoms with Gasteiger partial charge in [0.25, 0.3) is 0 Å². The minimum Gasteiger partial charge on any atom is -0.463 e. The number of hydrogen-bond donors (Lipinski definition) is 3. The summed E-state index contributed by atoms with van der Waals surface area (Å²) in [5.74, 6) is 1.38. The maximum absolute atomic E-state index is 10.4. The number of nitrogens with zero attached hydrogens (tertiary/aromatic N) is 1. The molecule has 5 heteroatoms. The molecule has 2 atom stereocenters. The highest BCUT2D eigenvalue weighted by atomic mass is 16.4. The largest absolute Gasteiger partial charge is 0.463 e. The van der Waals surface area contributed by atoms with Crippen molar-refractivity contribution >= 4 is 0 Å². The molecule has 2 aromatic rings. The van der Waals surface area contributed by atoms with E-state index in [0.29, 0.717) is 12.3 Å². The van der Waals surface area contributed by atoms with Gasteiger partial charge in [0.2, 0.25) is 0 Å². The zero-order chi connectivity index (χ0) is 14.0. The quantitative estimate of drug-likeness (QED) is 0.773. The van der Waals surface area contributed by atoms with Crippen molar-refractivity contribution in [2.24, 2.45) is 0 Å². The average Bonchev–Trinajstić information content (AvgIpc) is 2.95. The van der Waals surface area contributed by atoms with Crippen LogP contribution in [0.15, 0.2) is 22.7 Å². The summed E-state index contributed by atoms with van der Waals surface area (Å²) in [6.45, 7) is 8.04. The maximum Gasteiger partial charge on any atom is 0.136 e. The molecule has 2 unspecified atom stereocenters. The van der Waals surface area contributed by atoms with E-state index >= 15 is 0 Å². The van der Waals surface area contributed by atoms with Crippen LogP contribution in [0.4, 0.5) is 0 Å². The highest BCUT2D eigenvalue weighted by molar-refractivity contribution is 5.19. The number of aromatic amines is 1. The molecule has 19 heavy (non-hydrogen) atoms. The van der Waals surface area contributed by atoms with Crippen molar-refractivity contribution in [2.45, 2.75) is 39.3 Å². The summed E-state index contributed by atoms with van der Waals surface area (Å²) in [5.41, 5.74) is 1.11. The first-order valence-corrected chi connectivity index (χ1v) is 6.42. The van der Waals surface area contributed by atoms with Crippen molar-refractivity contribution in [3.63, 3.8) is 0 Å². The molecule has 0 aliphatic rings. The predicted octanol–water partition coefficient (Wildman–Crippen LogP) is 2.18. The Morgan fingerprint density at radius 1 is 1.47 bits per heavy atom. The van der Waals surface area contributed by atoms with Crippen LogP contribution in [0.5, 0.6) is 0 Å². The summed E-state index contributed by atoms with van der Waals surface area (Å²) >= 11 is 0. The summed E-state index contributed by atoms with van der Waals surface area (Å²) < 4.78 is 5.49. The van der Waals surface area contributed by atoms with Gasteiger partial charge in [0.05, 0.1) is 6.20 Å². The SMILES string of the molecule is Cc1ccc(C(C)(O)CNC(C)c2cn[nH]c2C)o1. The fourth-order valence-electron chi connectivity index (χ4n) is 2.07. The lowest BCUT2D eigenvalue weighted by Crippen LogP contribution is -2.36. The second-order valence-corrected chi connectivity index (χ2v) is 5.24. The Balaban J connectivity index is 2.00. The van der Waals surface area contributed by atoms with Crippen LogP contribution in [-0.2, 0) is 5.60 Å². The number of nitrogens with one attached hydrogen (secondary N) is 2. The lowest BCUT2D eigenvalue weighted by Gasteiger charge is -2.24. The van der Waals surface area contributed by atoms with E-state index in [9.17, 15) is 5.11 Å². The molecular weight excluding hydrogens is 242 g/mol. The number of rotatable bonds is 5. The molecule has 0 spiro atoms. The van der Waals surface area contributed by atoms with Gasteiger partial charge in [-0.05, 0) is 39.8 Å². The van der Waals surface area contributed by atoms with Gasteiger partial charge < -0.3 is 14.8 Å². The Labute approximate surface area is 113 Å². The molecule has 0 aliphatic heterocycles. The Kier molecular flexibility index (Phi) is 3.78. The van der Waals surface area contributed by atoms with Gasteiger partial charge in [0, 0.05) is 23.8 Å². The van der Waals surface area contributed by atoms with Crippen LogP contribution in [0.2, 0.25) is 0 Å². The van der Waals surface area contributed by atoms with Crippen molar-refractivity contribution in [3.8, 4) is 0 Å². The van der Waals surface area contributed by atoms with Crippen LogP contribution < -0.4 is 5.32 Å². The molecule has 0 amide bonds. The molecule has 2 heterocycles. The Morgan fingerprint density at radius 3 is 2.74 bits per heavy atom. The monoisotopic (exact) mass is 263 g/mol. The fraction of sp³-hybridized carbons (Fsp3) is 0.500.